The summed E-state index contributed by atoms with van der Waals surface area (Å²) in [4.78, 5) is 11.7. The van der Waals surface area contributed by atoms with Gasteiger partial charge in [0.15, 0.2) is 0 Å². The fourth-order valence-electron chi connectivity index (χ4n) is 4.16. The number of carbonyl (C=O) groups excluding carboxylic acids is 1. The Labute approximate surface area is 202 Å². The summed E-state index contributed by atoms with van der Waals surface area (Å²) in [6, 6.07) is 0. The van der Waals surface area contributed by atoms with E-state index in [0.29, 0.717) is 12.2 Å². The van der Waals surface area contributed by atoms with Gasteiger partial charge in [0.05, 0.1) is 0 Å². The first-order valence-corrected chi connectivity index (χ1v) is 18.6. The van der Waals surface area contributed by atoms with Crippen LogP contribution in [0.4, 0.5) is 0 Å². The van der Waals surface area contributed by atoms with E-state index in [1.54, 1.807) is 6.92 Å². The van der Waals surface area contributed by atoms with Crippen molar-refractivity contribution >= 4 is 32.3 Å². The Kier molecular flexibility index (Phi) is 18.1. The molecule has 0 heterocycles. The van der Waals surface area contributed by atoms with Gasteiger partial charge in [-0.15, -0.1) is 0 Å². The van der Waals surface area contributed by atoms with Crippen LogP contribution in [0, 0.1) is 0 Å². The Bertz CT molecular complexity index is 460. The second kappa shape index (κ2) is 17.9. The van der Waals surface area contributed by atoms with Crippen LogP contribution < -0.4 is 0 Å². The number of carbonyl (C=O) groups is 1. The van der Waals surface area contributed by atoms with Crippen LogP contribution in [0.1, 0.15) is 118 Å². The molecular formula is C26H52IO2P. The summed E-state index contributed by atoms with van der Waals surface area (Å²) in [5, 5.41) is 0. The quantitative estimate of drug-likeness (QED) is 0.0464. The summed E-state index contributed by atoms with van der Waals surface area (Å²) in [7, 11) is 0. The topological polar surface area (TPSA) is 26.3 Å². The molecule has 0 N–H and O–H groups in total. The fourth-order valence-corrected chi connectivity index (χ4v) is 9.27. The number of halogens is 1. The molecule has 0 spiro atoms. The monoisotopic (exact) mass is 554 g/mol. The van der Waals surface area contributed by atoms with E-state index in [0.717, 1.165) is 6.16 Å². The average molecular weight is 555 g/mol. The van der Waals surface area contributed by atoms with Crippen LogP contribution in [-0.2, 0) is 9.53 Å². The Hall–Kier alpha value is 0.370. The van der Waals surface area contributed by atoms with Gasteiger partial charge >= 0.3 is 177 Å². The summed E-state index contributed by atoms with van der Waals surface area (Å²) in [5.74, 6) is -0.236. The summed E-state index contributed by atoms with van der Waals surface area (Å²) < 4.78 is 3.67. The van der Waals surface area contributed by atoms with E-state index in [9.17, 15) is 4.79 Å². The third kappa shape index (κ3) is 14.4. The zero-order valence-corrected chi connectivity index (χ0v) is 23.8. The predicted octanol–water partition coefficient (Wildman–Crippen LogP) is 9.53. The normalized spacial score (nSPS) is 13.0. The van der Waals surface area contributed by atoms with Crippen molar-refractivity contribution in [1.29, 1.82) is 0 Å². The van der Waals surface area contributed by atoms with Crippen LogP contribution in [0.2, 0.25) is 0 Å². The van der Waals surface area contributed by atoms with Crippen molar-refractivity contribution in [3.63, 3.8) is 0 Å². The molecule has 0 atom stereocenters. The van der Waals surface area contributed by atoms with Gasteiger partial charge in [0.1, 0.15) is 0 Å². The molecule has 0 aliphatic rings. The Balaban J connectivity index is 3.85. The zero-order valence-electron chi connectivity index (χ0n) is 20.8. The molecule has 0 bridgehead atoms. The van der Waals surface area contributed by atoms with Crippen LogP contribution in [0.15, 0.2) is 12.2 Å². The molecule has 0 aromatic carbocycles. The first-order chi connectivity index (χ1) is 14.3. The van der Waals surface area contributed by atoms with Gasteiger partial charge in [-0.1, -0.05) is 26.2 Å². The van der Waals surface area contributed by atoms with Gasteiger partial charge in [-0.3, -0.25) is 0 Å². The average Bonchev–Trinajstić information content (AvgIpc) is 2.74. The third-order valence-corrected chi connectivity index (χ3v) is 19.8. The first-order valence-electron chi connectivity index (χ1n) is 12.9. The summed E-state index contributed by atoms with van der Waals surface area (Å²) in [5.41, 5.74) is 0.503. The zero-order chi connectivity index (χ0) is 22.7. The molecule has 0 aromatic heterocycles. The SMILES string of the molecule is C=C(C)C(=O)OCCP(I)(CC)(CC)CCCCCCCCCCCCCCCC. The van der Waals surface area contributed by atoms with Crippen LogP contribution in [0.3, 0.4) is 0 Å². The Morgan fingerprint density at radius 1 is 0.733 bits per heavy atom. The number of hydrogen-bond acceptors (Lipinski definition) is 2. The van der Waals surface area contributed by atoms with Crippen molar-refractivity contribution in [3.8, 4) is 0 Å². The molecule has 0 rings (SSSR count). The minimum absolute atomic E-state index is 0.236. The molecule has 0 aromatic rings. The molecule has 2 nitrogen and oxygen atoms in total. The van der Waals surface area contributed by atoms with E-state index in [1.807, 2.05) is 0 Å². The second-order valence-corrected chi connectivity index (χ2v) is 23.4. The molecule has 30 heavy (non-hydrogen) atoms. The molecule has 0 radical (unpaired) electrons. The van der Waals surface area contributed by atoms with E-state index >= 15 is 0 Å². The van der Waals surface area contributed by atoms with Crippen LogP contribution in [-0.4, -0.2) is 37.2 Å². The standard InChI is InChI=1S/C26H52IO2P/c1-6-9-10-11-12-13-14-15-16-17-18-19-20-21-23-30(27,7-2,8-3)24-22-29-26(28)25(4)5/h4,6-24H2,1-3,5H3. The third-order valence-electron chi connectivity index (χ3n) is 6.88. The number of ether oxygens (including phenoxy) is 1. The Morgan fingerprint density at radius 2 is 1.13 bits per heavy atom. The number of rotatable bonds is 21. The summed E-state index contributed by atoms with van der Waals surface area (Å²) in [6.07, 6.45) is 24.7. The molecule has 0 saturated carbocycles. The van der Waals surface area contributed by atoms with Crippen molar-refractivity contribution in [2.24, 2.45) is 0 Å². The maximum atomic E-state index is 11.7. The van der Waals surface area contributed by atoms with Gasteiger partial charge in [-0.25, -0.2) is 0 Å². The fraction of sp³-hybridized carbons (Fsp3) is 0.885. The number of esters is 1. The smallest absolute Gasteiger partial charge is 0.0654 e. The van der Waals surface area contributed by atoms with Gasteiger partial charge in [0.2, 0.25) is 0 Å². The molecule has 0 amide bonds. The van der Waals surface area contributed by atoms with Gasteiger partial charge in [-0.05, 0) is 0 Å². The molecule has 0 unspecified atom stereocenters. The van der Waals surface area contributed by atoms with Crippen LogP contribution in [0.5, 0.6) is 0 Å². The molecule has 0 saturated heterocycles. The Morgan fingerprint density at radius 3 is 1.50 bits per heavy atom. The van der Waals surface area contributed by atoms with Crippen molar-refractivity contribution in [2.45, 2.75) is 118 Å². The minimum Gasteiger partial charge on any atom is -0.0654 e. The van der Waals surface area contributed by atoms with E-state index in [4.69, 9.17) is 4.74 Å². The summed E-state index contributed by atoms with van der Waals surface area (Å²) in [6.45, 7) is 12.9. The molecule has 0 aliphatic heterocycles. The summed E-state index contributed by atoms with van der Waals surface area (Å²) >= 11 is 2.81. The van der Waals surface area contributed by atoms with Gasteiger partial charge in [0.25, 0.3) is 0 Å². The van der Waals surface area contributed by atoms with Gasteiger partial charge in [-0.2, -0.15) is 0 Å². The number of unbranched alkanes of at least 4 members (excludes halogenated alkanes) is 13. The molecular weight excluding hydrogens is 502 g/mol. The van der Waals surface area contributed by atoms with Gasteiger partial charge in [0, 0.05) is 0 Å². The van der Waals surface area contributed by atoms with Gasteiger partial charge < -0.3 is 0 Å². The van der Waals surface area contributed by atoms with Crippen molar-refractivity contribution < 1.29 is 9.53 Å². The second-order valence-electron chi connectivity index (χ2n) is 9.41. The van der Waals surface area contributed by atoms with Crippen LogP contribution >= 0.6 is 26.3 Å². The molecule has 180 valence electrons. The molecule has 4 heteroatoms. The number of hydrogen-bond donors (Lipinski definition) is 0. The van der Waals surface area contributed by atoms with E-state index < -0.39 is 4.25 Å². The molecule has 0 fully saturated rings. The van der Waals surface area contributed by atoms with E-state index in [1.165, 1.54) is 108 Å². The van der Waals surface area contributed by atoms with E-state index in [2.05, 4.69) is 49.4 Å². The maximum absolute atomic E-state index is 11.7. The van der Waals surface area contributed by atoms with E-state index in [-0.39, 0.29) is 5.97 Å². The van der Waals surface area contributed by atoms with Crippen molar-refractivity contribution in [1.82, 2.24) is 0 Å². The predicted molar refractivity (Wildman–Crippen MR) is 148 cm³/mol. The van der Waals surface area contributed by atoms with Crippen molar-refractivity contribution in [2.75, 3.05) is 31.3 Å². The van der Waals surface area contributed by atoms with Crippen molar-refractivity contribution in [3.05, 3.63) is 12.2 Å². The van der Waals surface area contributed by atoms with Crippen LogP contribution in [0.25, 0.3) is 0 Å². The minimum atomic E-state index is -1.77. The molecule has 0 aliphatic carbocycles. The first kappa shape index (κ1) is 30.4.